The summed E-state index contributed by atoms with van der Waals surface area (Å²) >= 11 is 7.04. The third-order valence-electron chi connectivity index (χ3n) is 3.71. The lowest BCUT2D eigenvalue weighted by Crippen LogP contribution is -2.36. The van der Waals surface area contributed by atoms with E-state index in [-0.39, 0.29) is 30.4 Å². The van der Waals surface area contributed by atoms with Crippen molar-refractivity contribution in [1.29, 1.82) is 0 Å². The van der Waals surface area contributed by atoms with E-state index in [2.05, 4.69) is 0 Å². The van der Waals surface area contributed by atoms with Crippen LogP contribution in [0, 0.1) is 0 Å². The fourth-order valence-electron chi connectivity index (χ4n) is 2.45. The Kier molecular flexibility index (Phi) is 5.97. The van der Waals surface area contributed by atoms with Gasteiger partial charge >= 0.3 is 0 Å². The zero-order valence-corrected chi connectivity index (χ0v) is 14.1. The summed E-state index contributed by atoms with van der Waals surface area (Å²) in [6.45, 7) is 3.97. The van der Waals surface area contributed by atoms with Crippen molar-refractivity contribution >= 4 is 40.5 Å². The van der Waals surface area contributed by atoms with Crippen LogP contribution in [0.4, 0.5) is 0 Å². The number of amides is 2. The SMILES string of the molecule is CC(=O)N1CCCN(C(=O)CCC(=O)c2ccc(Cl)s2)CC1. The van der Waals surface area contributed by atoms with E-state index >= 15 is 0 Å². The average molecular weight is 343 g/mol. The Morgan fingerprint density at radius 3 is 2.41 bits per heavy atom. The van der Waals surface area contributed by atoms with Gasteiger partial charge in [-0.1, -0.05) is 11.6 Å². The fraction of sp³-hybridized carbons (Fsp3) is 0.533. The monoisotopic (exact) mass is 342 g/mol. The van der Waals surface area contributed by atoms with Crippen LogP contribution in [0.5, 0.6) is 0 Å². The minimum Gasteiger partial charge on any atom is -0.341 e. The van der Waals surface area contributed by atoms with E-state index < -0.39 is 0 Å². The van der Waals surface area contributed by atoms with E-state index in [1.807, 2.05) is 0 Å². The molecule has 0 unspecified atom stereocenters. The van der Waals surface area contributed by atoms with E-state index in [0.717, 1.165) is 6.42 Å². The first-order valence-corrected chi connectivity index (χ1v) is 8.48. The molecule has 0 bridgehead atoms. The first-order chi connectivity index (χ1) is 10.5. The molecule has 0 spiro atoms. The van der Waals surface area contributed by atoms with Gasteiger partial charge in [0.25, 0.3) is 0 Å². The van der Waals surface area contributed by atoms with E-state index in [0.29, 0.717) is 35.4 Å². The molecule has 0 aliphatic carbocycles. The minimum atomic E-state index is -0.0505. The number of thiophene rings is 1. The van der Waals surface area contributed by atoms with Gasteiger partial charge in [0, 0.05) is 45.9 Å². The molecule has 2 rings (SSSR count). The van der Waals surface area contributed by atoms with E-state index in [9.17, 15) is 14.4 Å². The van der Waals surface area contributed by atoms with Crippen LogP contribution in [-0.4, -0.2) is 53.6 Å². The highest BCUT2D eigenvalue weighted by atomic mass is 35.5. The number of carbonyl (C=O) groups is 3. The van der Waals surface area contributed by atoms with Crippen LogP contribution in [0.1, 0.15) is 35.9 Å². The molecule has 1 aromatic heterocycles. The smallest absolute Gasteiger partial charge is 0.223 e. The van der Waals surface area contributed by atoms with Gasteiger partial charge < -0.3 is 9.80 Å². The third kappa shape index (κ3) is 4.55. The third-order valence-corrected chi connectivity index (χ3v) is 4.98. The molecular weight excluding hydrogens is 324 g/mol. The molecule has 1 aliphatic heterocycles. The second-order valence-corrected chi connectivity index (χ2v) is 6.98. The summed E-state index contributed by atoms with van der Waals surface area (Å²) in [4.78, 5) is 39.7. The number of rotatable bonds is 4. The quantitative estimate of drug-likeness (QED) is 0.790. The second kappa shape index (κ2) is 7.74. The molecule has 0 saturated carbocycles. The molecule has 2 heterocycles. The molecule has 1 fully saturated rings. The molecule has 1 aromatic rings. The van der Waals surface area contributed by atoms with Gasteiger partial charge in [-0.05, 0) is 18.6 Å². The molecule has 22 heavy (non-hydrogen) atoms. The molecule has 5 nitrogen and oxygen atoms in total. The number of carbonyl (C=O) groups excluding carboxylic acids is 3. The van der Waals surface area contributed by atoms with Crippen molar-refractivity contribution in [3.8, 4) is 0 Å². The Morgan fingerprint density at radius 1 is 1.09 bits per heavy atom. The van der Waals surface area contributed by atoms with Crippen molar-refractivity contribution in [3.05, 3.63) is 21.3 Å². The van der Waals surface area contributed by atoms with Crippen LogP contribution < -0.4 is 0 Å². The number of hydrogen-bond acceptors (Lipinski definition) is 4. The first-order valence-electron chi connectivity index (χ1n) is 7.29. The Hall–Kier alpha value is -1.40. The summed E-state index contributed by atoms with van der Waals surface area (Å²) in [6, 6.07) is 3.38. The lowest BCUT2D eigenvalue weighted by Gasteiger charge is -2.21. The van der Waals surface area contributed by atoms with Crippen molar-refractivity contribution in [2.75, 3.05) is 26.2 Å². The zero-order valence-electron chi connectivity index (χ0n) is 12.5. The summed E-state index contributed by atoms with van der Waals surface area (Å²) in [6.07, 6.45) is 1.18. The summed E-state index contributed by atoms with van der Waals surface area (Å²) < 4.78 is 0.575. The topological polar surface area (TPSA) is 57.7 Å². The van der Waals surface area contributed by atoms with Gasteiger partial charge in [0.05, 0.1) is 9.21 Å². The zero-order chi connectivity index (χ0) is 16.1. The highest BCUT2D eigenvalue weighted by Gasteiger charge is 2.21. The lowest BCUT2D eigenvalue weighted by atomic mass is 10.2. The van der Waals surface area contributed by atoms with Crippen LogP contribution >= 0.6 is 22.9 Å². The molecule has 2 amide bonds. The molecule has 0 aromatic carbocycles. The Morgan fingerprint density at radius 2 is 1.77 bits per heavy atom. The molecular formula is C15H19ClN2O3S. The molecule has 120 valence electrons. The maximum atomic E-state index is 12.2. The first kappa shape index (κ1) is 17.0. The van der Waals surface area contributed by atoms with Crippen LogP contribution in [-0.2, 0) is 9.59 Å². The van der Waals surface area contributed by atoms with Gasteiger partial charge in [-0.2, -0.15) is 0 Å². The lowest BCUT2D eigenvalue weighted by molar-refractivity contribution is -0.132. The minimum absolute atomic E-state index is 0.0265. The summed E-state index contributed by atoms with van der Waals surface area (Å²) in [5.74, 6) is -0.0362. The average Bonchev–Trinajstić information content (AvgIpc) is 2.76. The van der Waals surface area contributed by atoms with Crippen LogP contribution in [0.25, 0.3) is 0 Å². The maximum Gasteiger partial charge on any atom is 0.223 e. The highest BCUT2D eigenvalue weighted by Crippen LogP contribution is 2.23. The predicted octanol–water partition coefficient (Wildman–Crippen LogP) is 2.45. The number of ketones is 1. The molecule has 0 atom stereocenters. The number of nitrogens with zero attached hydrogens (tertiary/aromatic N) is 2. The van der Waals surface area contributed by atoms with Crippen molar-refractivity contribution in [2.45, 2.75) is 26.2 Å². The Balaban J connectivity index is 1.82. The van der Waals surface area contributed by atoms with Gasteiger partial charge in [0.2, 0.25) is 11.8 Å². The standard InChI is InChI=1S/C15H19ClN2O3S/c1-11(19)17-7-2-8-18(10-9-17)15(21)6-3-12(20)13-4-5-14(16)22-13/h4-5H,2-3,6-10H2,1H3. The second-order valence-electron chi connectivity index (χ2n) is 5.27. The fourth-order valence-corrected chi connectivity index (χ4v) is 3.46. The van der Waals surface area contributed by atoms with Gasteiger partial charge in [-0.15, -0.1) is 11.3 Å². The summed E-state index contributed by atoms with van der Waals surface area (Å²) in [5.41, 5.74) is 0. The molecule has 0 radical (unpaired) electrons. The van der Waals surface area contributed by atoms with E-state index in [1.165, 1.54) is 11.3 Å². The number of hydrogen-bond donors (Lipinski definition) is 0. The van der Waals surface area contributed by atoms with Gasteiger partial charge in [0.1, 0.15) is 0 Å². The van der Waals surface area contributed by atoms with Crippen molar-refractivity contribution < 1.29 is 14.4 Å². The highest BCUT2D eigenvalue weighted by molar-refractivity contribution is 7.18. The largest absolute Gasteiger partial charge is 0.341 e. The Labute approximate surface area is 138 Å². The summed E-state index contributed by atoms with van der Waals surface area (Å²) in [5, 5.41) is 0. The van der Waals surface area contributed by atoms with Crippen LogP contribution in [0.15, 0.2) is 12.1 Å². The number of Topliss-reactive ketones (excluding diaryl/α,β-unsaturated/α-hetero) is 1. The van der Waals surface area contributed by atoms with Gasteiger partial charge in [0.15, 0.2) is 5.78 Å². The summed E-state index contributed by atoms with van der Waals surface area (Å²) in [7, 11) is 0. The maximum absolute atomic E-state index is 12.2. The van der Waals surface area contributed by atoms with Crippen LogP contribution in [0.3, 0.4) is 0 Å². The Bertz CT molecular complexity index is 573. The normalized spacial score (nSPS) is 15.5. The van der Waals surface area contributed by atoms with Crippen molar-refractivity contribution in [3.63, 3.8) is 0 Å². The van der Waals surface area contributed by atoms with E-state index in [4.69, 9.17) is 11.6 Å². The molecule has 1 aliphatic rings. The van der Waals surface area contributed by atoms with Gasteiger partial charge in [-0.3, -0.25) is 14.4 Å². The van der Waals surface area contributed by atoms with Crippen molar-refractivity contribution in [1.82, 2.24) is 9.80 Å². The van der Waals surface area contributed by atoms with Crippen molar-refractivity contribution in [2.24, 2.45) is 0 Å². The van der Waals surface area contributed by atoms with Crippen LogP contribution in [0.2, 0.25) is 4.34 Å². The number of halogens is 1. The predicted molar refractivity (Wildman–Crippen MR) is 86.3 cm³/mol. The van der Waals surface area contributed by atoms with E-state index in [1.54, 1.807) is 28.9 Å². The molecule has 7 heteroatoms. The molecule has 0 N–H and O–H groups in total. The van der Waals surface area contributed by atoms with Gasteiger partial charge in [-0.25, -0.2) is 0 Å². The molecule has 1 saturated heterocycles.